The van der Waals surface area contributed by atoms with Crippen molar-refractivity contribution in [3.63, 3.8) is 0 Å². The molecule has 0 aliphatic carbocycles. The summed E-state index contributed by atoms with van der Waals surface area (Å²) in [5, 5.41) is 9.90. The van der Waals surface area contributed by atoms with Gasteiger partial charge >= 0.3 is 7.75 Å². The van der Waals surface area contributed by atoms with Crippen LogP contribution in [-0.2, 0) is 9.36 Å². The molecule has 0 radical (unpaired) electrons. The van der Waals surface area contributed by atoms with E-state index >= 15 is 0 Å². The van der Waals surface area contributed by atoms with Gasteiger partial charge in [0.25, 0.3) is 0 Å². The first-order chi connectivity index (χ1) is 4.87. The molecule has 0 aliphatic heterocycles. The Morgan fingerprint density at radius 2 is 2.09 bits per heavy atom. The molecule has 0 rings (SSSR count). The first kappa shape index (κ1) is 10.5. The second kappa shape index (κ2) is 3.80. The number of aliphatic hydroxyl groups excluding tert-OH is 1. The smallest absolute Gasteiger partial charge is 0.394 e. The van der Waals surface area contributed by atoms with E-state index in [2.05, 4.69) is 5.73 Å². The summed E-state index contributed by atoms with van der Waals surface area (Å²) in [6, 6.07) is -1.41. The number of amides is 1. The molecular formula is C3H9N2O5P. The lowest BCUT2D eigenvalue weighted by atomic mass is 10.3. The van der Waals surface area contributed by atoms with Gasteiger partial charge in [-0.2, -0.15) is 0 Å². The average Bonchev–Trinajstić information content (AvgIpc) is 1.80. The van der Waals surface area contributed by atoms with E-state index in [1.807, 2.05) is 0 Å². The Balaban J connectivity index is 4.10. The van der Waals surface area contributed by atoms with Crippen molar-refractivity contribution in [2.24, 2.45) is 5.73 Å². The van der Waals surface area contributed by atoms with Gasteiger partial charge in [0.2, 0.25) is 5.91 Å². The minimum absolute atomic E-state index is 0.750. The molecule has 1 amide bonds. The normalized spacial score (nSPS) is 14.5. The van der Waals surface area contributed by atoms with Gasteiger partial charge in [0.1, 0.15) is 6.04 Å². The van der Waals surface area contributed by atoms with Crippen LogP contribution in [0.1, 0.15) is 0 Å². The maximum Gasteiger partial charge on any atom is 0.401 e. The molecule has 0 aromatic carbocycles. The third-order valence-electron chi connectivity index (χ3n) is 0.850. The third-order valence-corrected chi connectivity index (χ3v) is 1.50. The predicted octanol–water partition coefficient (Wildman–Crippen LogP) is -2.49. The molecule has 0 aromatic rings. The second-order valence-electron chi connectivity index (χ2n) is 1.81. The highest BCUT2D eigenvalue weighted by molar-refractivity contribution is 7.49. The molecule has 6 N–H and O–H groups in total. The van der Waals surface area contributed by atoms with Gasteiger partial charge in [0.15, 0.2) is 0 Å². The molecule has 0 spiro atoms. The molecular weight excluding hydrogens is 175 g/mol. The van der Waals surface area contributed by atoms with Crippen LogP contribution in [0.2, 0.25) is 0 Å². The number of carbonyl (C=O) groups excluding carboxylic acids is 1. The van der Waals surface area contributed by atoms with E-state index in [4.69, 9.17) is 14.9 Å². The predicted molar refractivity (Wildman–Crippen MR) is 35.2 cm³/mol. The fraction of sp³-hybridized carbons (Fsp3) is 0.667. The van der Waals surface area contributed by atoms with Gasteiger partial charge in [-0.3, -0.25) is 4.79 Å². The monoisotopic (exact) mass is 184 g/mol. The molecule has 0 aromatic heterocycles. The molecule has 66 valence electrons. The van der Waals surface area contributed by atoms with Gasteiger partial charge in [0, 0.05) is 0 Å². The summed E-state index contributed by atoms with van der Waals surface area (Å²) in [6.07, 6.45) is 0. The average molecular weight is 184 g/mol. The molecule has 0 saturated heterocycles. The van der Waals surface area contributed by atoms with Crippen LogP contribution >= 0.6 is 7.75 Å². The summed E-state index contributed by atoms with van der Waals surface area (Å²) in [6.45, 7) is -0.750. The quantitative estimate of drug-likeness (QED) is 0.307. The van der Waals surface area contributed by atoms with Crippen LogP contribution in [-0.4, -0.2) is 33.4 Å². The van der Waals surface area contributed by atoms with Crippen molar-refractivity contribution in [2.75, 3.05) is 6.61 Å². The summed E-state index contributed by atoms with van der Waals surface area (Å²) in [5.74, 6) is -1.02. The van der Waals surface area contributed by atoms with Crippen molar-refractivity contribution in [3.8, 4) is 0 Å². The maximum atomic E-state index is 10.3. The molecule has 11 heavy (non-hydrogen) atoms. The van der Waals surface area contributed by atoms with E-state index in [0.717, 1.165) is 0 Å². The zero-order valence-corrected chi connectivity index (χ0v) is 6.36. The SMILES string of the molecule is NC(=O)C(CO)NP(=O)(O)O. The summed E-state index contributed by atoms with van der Waals surface area (Å²) >= 11 is 0. The van der Waals surface area contributed by atoms with Gasteiger partial charge in [0.05, 0.1) is 6.61 Å². The number of carbonyl (C=O) groups is 1. The standard InChI is InChI=1S/C3H9N2O5P/c4-3(7)2(1-6)5-11(8,9)10/h2,6H,1H2,(H2,4,7)(H3,5,8,9,10). The highest BCUT2D eigenvalue weighted by atomic mass is 31.2. The van der Waals surface area contributed by atoms with Crippen LogP contribution in [0, 0.1) is 0 Å². The number of nitrogens with one attached hydrogen (secondary N) is 1. The molecule has 0 bridgehead atoms. The van der Waals surface area contributed by atoms with E-state index < -0.39 is 26.3 Å². The van der Waals surface area contributed by atoms with Crippen LogP contribution < -0.4 is 10.8 Å². The van der Waals surface area contributed by atoms with E-state index in [1.165, 1.54) is 0 Å². The van der Waals surface area contributed by atoms with Gasteiger partial charge < -0.3 is 20.6 Å². The van der Waals surface area contributed by atoms with Crippen LogP contribution in [0.15, 0.2) is 0 Å². The summed E-state index contributed by atoms with van der Waals surface area (Å²) in [4.78, 5) is 26.8. The van der Waals surface area contributed by atoms with Gasteiger partial charge in [-0.15, -0.1) is 0 Å². The number of hydrogen-bond donors (Lipinski definition) is 5. The van der Waals surface area contributed by atoms with E-state index in [0.29, 0.717) is 0 Å². The number of hydrogen-bond acceptors (Lipinski definition) is 3. The second-order valence-corrected chi connectivity index (χ2v) is 3.16. The summed E-state index contributed by atoms with van der Waals surface area (Å²) in [5.41, 5.74) is 4.65. The minimum Gasteiger partial charge on any atom is -0.394 e. The Morgan fingerprint density at radius 1 is 1.64 bits per heavy atom. The summed E-state index contributed by atoms with van der Waals surface area (Å²) < 4.78 is 10.2. The Labute approximate surface area is 62.4 Å². The number of nitrogens with two attached hydrogens (primary N) is 1. The first-order valence-corrected chi connectivity index (χ1v) is 4.21. The van der Waals surface area contributed by atoms with Crippen molar-refractivity contribution < 1.29 is 24.3 Å². The van der Waals surface area contributed by atoms with Crippen LogP contribution in [0.4, 0.5) is 0 Å². The highest BCUT2D eigenvalue weighted by Gasteiger charge is 2.23. The maximum absolute atomic E-state index is 10.3. The molecule has 7 nitrogen and oxygen atoms in total. The molecule has 1 unspecified atom stereocenters. The molecule has 0 fully saturated rings. The van der Waals surface area contributed by atoms with E-state index in [-0.39, 0.29) is 0 Å². The van der Waals surface area contributed by atoms with Crippen LogP contribution in [0.5, 0.6) is 0 Å². The van der Waals surface area contributed by atoms with Crippen molar-refractivity contribution in [2.45, 2.75) is 6.04 Å². The van der Waals surface area contributed by atoms with Crippen LogP contribution in [0.3, 0.4) is 0 Å². The minimum atomic E-state index is -4.50. The lowest BCUT2D eigenvalue weighted by molar-refractivity contribution is -0.120. The topological polar surface area (TPSA) is 133 Å². The third kappa shape index (κ3) is 4.88. The Kier molecular flexibility index (Phi) is 3.64. The van der Waals surface area contributed by atoms with Gasteiger partial charge in [-0.1, -0.05) is 0 Å². The Morgan fingerprint density at radius 3 is 2.18 bits per heavy atom. The molecule has 1 atom stereocenters. The van der Waals surface area contributed by atoms with Gasteiger partial charge in [-0.25, -0.2) is 9.65 Å². The summed E-state index contributed by atoms with van der Waals surface area (Å²) in [7, 11) is -4.50. The van der Waals surface area contributed by atoms with E-state index in [9.17, 15) is 9.36 Å². The first-order valence-electron chi connectivity index (χ1n) is 2.60. The Bertz CT molecular complexity index is 188. The van der Waals surface area contributed by atoms with E-state index in [1.54, 1.807) is 5.09 Å². The van der Waals surface area contributed by atoms with Gasteiger partial charge in [-0.05, 0) is 0 Å². The molecule has 0 heterocycles. The number of rotatable bonds is 4. The number of aliphatic hydroxyl groups is 1. The largest absolute Gasteiger partial charge is 0.401 e. The van der Waals surface area contributed by atoms with Crippen molar-refractivity contribution in [3.05, 3.63) is 0 Å². The van der Waals surface area contributed by atoms with Crippen molar-refractivity contribution in [1.29, 1.82) is 0 Å². The molecule has 8 heteroatoms. The van der Waals surface area contributed by atoms with Crippen LogP contribution in [0.25, 0.3) is 0 Å². The fourth-order valence-corrected chi connectivity index (χ4v) is 1.01. The van der Waals surface area contributed by atoms with Crippen molar-refractivity contribution >= 4 is 13.7 Å². The lowest BCUT2D eigenvalue weighted by Gasteiger charge is -2.12. The molecule has 0 saturated carbocycles. The van der Waals surface area contributed by atoms with Crippen molar-refractivity contribution in [1.82, 2.24) is 5.09 Å². The highest BCUT2D eigenvalue weighted by Crippen LogP contribution is 2.28. The zero-order valence-electron chi connectivity index (χ0n) is 5.47. The Hall–Kier alpha value is -0.460. The fourth-order valence-electron chi connectivity index (χ4n) is 0.397. The number of primary amides is 1. The lowest BCUT2D eigenvalue weighted by Crippen LogP contribution is -2.42. The molecule has 0 aliphatic rings. The zero-order chi connectivity index (χ0) is 9.07.